The molecule has 36 heavy (non-hydrogen) atoms. The van der Waals surface area contributed by atoms with Gasteiger partial charge in [0.05, 0.1) is 24.4 Å². The normalized spacial score (nSPS) is 17.0. The number of rotatable bonds is 6. The zero-order valence-electron chi connectivity index (χ0n) is 19.8. The number of aryl methyl sites for hydroxylation is 1. The topological polar surface area (TPSA) is 131 Å². The summed E-state index contributed by atoms with van der Waals surface area (Å²) in [6.45, 7) is 5.19. The van der Waals surface area contributed by atoms with Crippen LogP contribution in [0.2, 0.25) is 0 Å². The summed E-state index contributed by atoms with van der Waals surface area (Å²) in [5, 5.41) is 4.14. The standard InChI is InChI=1S/C27H28N6O3/c28-16-2-4-22-18(12-16)20(14-30-22)24-25(27(35)31-26(24)34)21-15-33(23-5-3-17(29)13-19(21)23)7-1-6-32-8-10-36-11-9-32/h2-5,12-15,30H,1,6-11,28-29H2,(H,31,34,35). The lowest BCUT2D eigenvalue weighted by Gasteiger charge is -2.26. The molecule has 2 aliphatic heterocycles. The fraction of sp³-hybridized carbons (Fsp3) is 0.259. The van der Waals surface area contributed by atoms with E-state index >= 15 is 0 Å². The summed E-state index contributed by atoms with van der Waals surface area (Å²) in [5.41, 5.74) is 17.2. The van der Waals surface area contributed by atoms with Crippen LogP contribution in [-0.2, 0) is 20.9 Å². The Morgan fingerprint density at radius 2 is 1.56 bits per heavy atom. The summed E-state index contributed by atoms with van der Waals surface area (Å²) < 4.78 is 7.60. The van der Waals surface area contributed by atoms with Crippen LogP contribution in [0.5, 0.6) is 0 Å². The van der Waals surface area contributed by atoms with Crippen molar-refractivity contribution in [2.75, 3.05) is 44.3 Å². The molecule has 1 saturated heterocycles. The second-order valence-corrected chi connectivity index (χ2v) is 9.36. The van der Waals surface area contributed by atoms with Gasteiger partial charge in [-0.3, -0.25) is 19.8 Å². The van der Waals surface area contributed by atoms with Crippen LogP contribution >= 0.6 is 0 Å². The number of hydrogen-bond acceptors (Lipinski definition) is 6. The van der Waals surface area contributed by atoms with E-state index in [0.29, 0.717) is 33.6 Å². The van der Waals surface area contributed by atoms with Crippen LogP contribution in [0.4, 0.5) is 11.4 Å². The summed E-state index contributed by atoms with van der Waals surface area (Å²) in [5.74, 6) is -0.835. The number of ether oxygens (including phenoxy) is 1. The minimum absolute atomic E-state index is 0.339. The van der Waals surface area contributed by atoms with Gasteiger partial charge in [0.1, 0.15) is 0 Å². The molecule has 0 aliphatic carbocycles. The Hall–Kier alpha value is -4.08. The van der Waals surface area contributed by atoms with Crippen LogP contribution in [0.1, 0.15) is 17.5 Å². The first-order chi connectivity index (χ1) is 17.5. The highest BCUT2D eigenvalue weighted by Crippen LogP contribution is 2.39. The molecule has 184 valence electrons. The lowest BCUT2D eigenvalue weighted by molar-refractivity contribution is -0.122. The molecule has 2 aromatic carbocycles. The van der Waals surface area contributed by atoms with Gasteiger partial charge in [0.15, 0.2) is 0 Å². The second-order valence-electron chi connectivity index (χ2n) is 9.36. The Kier molecular flexibility index (Phi) is 5.50. The average Bonchev–Trinajstić information content (AvgIpc) is 3.52. The molecule has 0 radical (unpaired) electrons. The smallest absolute Gasteiger partial charge is 0.259 e. The van der Waals surface area contributed by atoms with Crippen molar-refractivity contribution in [1.29, 1.82) is 0 Å². The number of hydrogen-bond donors (Lipinski definition) is 4. The number of nitrogens with one attached hydrogen (secondary N) is 2. The molecule has 0 spiro atoms. The number of anilines is 2. The van der Waals surface area contributed by atoms with Gasteiger partial charge < -0.3 is 25.8 Å². The maximum absolute atomic E-state index is 13.2. The van der Waals surface area contributed by atoms with E-state index in [0.717, 1.165) is 67.6 Å². The van der Waals surface area contributed by atoms with E-state index in [1.807, 2.05) is 36.5 Å². The van der Waals surface area contributed by atoms with Crippen LogP contribution in [0.3, 0.4) is 0 Å². The number of aromatic nitrogens is 2. The average molecular weight is 485 g/mol. The van der Waals surface area contributed by atoms with Gasteiger partial charge in [0.2, 0.25) is 0 Å². The van der Waals surface area contributed by atoms with Gasteiger partial charge in [-0.15, -0.1) is 0 Å². The second kappa shape index (κ2) is 8.85. The monoisotopic (exact) mass is 484 g/mol. The number of nitrogens with two attached hydrogens (primary N) is 2. The number of carbonyl (C=O) groups excluding carboxylic acids is 2. The van der Waals surface area contributed by atoms with Crippen molar-refractivity contribution in [2.24, 2.45) is 0 Å². The fourth-order valence-corrected chi connectivity index (χ4v) is 5.30. The van der Waals surface area contributed by atoms with Crippen LogP contribution in [-0.4, -0.2) is 59.1 Å². The van der Waals surface area contributed by atoms with E-state index in [-0.39, 0.29) is 0 Å². The summed E-state index contributed by atoms with van der Waals surface area (Å²) in [6, 6.07) is 11.2. The van der Waals surface area contributed by atoms with Crippen LogP contribution in [0.25, 0.3) is 33.0 Å². The van der Waals surface area contributed by atoms with Crippen molar-refractivity contribution < 1.29 is 14.3 Å². The molecule has 0 atom stereocenters. The summed E-state index contributed by atoms with van der Waals surface area (Å²) in [7, 11) is 0. The first kappa shape index (κ1) is 22.4. The van der Waals surface area contributed by atoms with E-state index in [1.165, 1.54) is 0 Å². The number of H-pyrrole nitrogens is 1. The van der Waals surface area contributed by atoms with Crippen molar-refractivity contribution in [2.45, 2.75) is 13.0 Å². The molecule has 1 fully saturated rings. The van der Waals surface area contributed by atoms with Gasteiger partial charge in [-0.25, -0.2) is 0 Å². The zero-order valence-corrected chi connectivity index (χ0v) is 19.8. The van der Waals surface area contributed by atoms with Gasteiger partial charge in [-0.2, -0.15) is 0 Å². The quantitative estimate of drug-likeness (QED) is 0.246. The van der Waals surface area contributed by atoms with Crippen molar-refractivity contribution in [3.05, 3.63) is 59.9 Å². The summed E-state index contributed by atoms with van der Waals surface area (Å²) >= 11 is 0. The molecule has 9 nitrogen and oxygen atoms in total. The molecular formula is C27H28N6O3. The number of aromatic amines is 1. The highest BCUT2D eigenvalue weighted by atomic mass is 16.5. The Labute approximate surface area is 207 Å². The SMILES string of the molecule is Nc1ccc2[nH]cc(C3=C(c4cn(CCCN5CCOCC5)c5ccc(N)cc45)C(=O)NC3=O)c2c1. The molecule has 6 rings (SSSR count). The maximum Gasteiger partial charge on any atom is 0.259 e. The fourth-order valence-electron chi connectivity index (χ4n) is 5.30. The molecule has 0 unspecified atom stereocenters. The number of amides is 2. The molecule has 4 heterocycles. The molecule has 2 aromatic heterocycles. The lowest BCUT2D eigenvalue weighted by Crippen LogP contribution is -2.37. The highest BCUT2D eigenvalue weighted by Gasteiger charge is 2.35. The number of morpholine rings is 1. The van der Waals surface area contributed by atoms with Crippen molar-refractivity contribution in [3.63, 3.8) is 0 Å². The number of benzene rings is 2. The number of imide groups is 1. The Morgan fingerprint density at radius 3 is 2.33 bits per heavy atom. The van der Waals surface area contributed by atoms with Crippen LogP contribution in [0, 0.1) is 0 Å². The van der Waals surface area contributed by atoms with Gasteiger partial charge in [0.25, 0.3) is 11.8 Å². The van der Waals surface area contributed by atoms with Crippen molar-refractivity contribution in [1.82, 2.24) is 19.8 Å². The minimum atomic E-state index is -0.421. The predicted molar refractivity (Wildman–Crippen MR) is 141 cm³/mol. The Balaban J connectivity index is 1.45. The number of nitrogens with zero attached hydrogens (tertiary/aromatic N) is 2. The summed E-state index contributed by atoms with van der Waals surface area (Å²) in [4.78, 5) is 31.8. The van der Waals surface area contributed by atoms with Crippen molar-refractivity contribution >= 4 is 56.1 Å². The molecular weight excluding hydrogens is 456 g/mol. The van der Waals surface area contributed by atoms with Crippen LogP contribution < -0.4 is 16.8 Å². The molecule has 6 N–H and O–H groups in total. The molecule has 0 bridgehead atoms. The third-order valence-corrected chi connectivity index (χ3v) is 7.06. The van der Waals surface area contributed by atoms with Gasteiger partial charge >= 0.3 is 0 Å². The van der Waals surface area contributed by atoms with E-state index < -0.39 is 11.8 Å². The molecule has 0 saturated carbocycles. The zero-order chi connectivity index (χ0) is 24.8. The van der Waals surface area contributed by atoms with Crippen LogP contribution in [0.15, 0.2) is 48.8 Å². The largest absolute Gasteiger partial charge is 0.399 e. The predicted octanol–water partition coefficient (Wildman–Crippen LogP) is 2.58. The number of nitrogen functional groups attached to an aromatic ring is 2. The van der Waals surface area contributed by atoms with E-state index in [4.69, 9.17) is 16.2 Å². The van der Waals surface area contributed by atoms with E-state index in [9.17, 15) is 9.59 Å². The highest BCUT2D eigenvalue weighted by molar-refractivity contribution is 6.50. The minimum Gasteiger partial charge on any atom is -0.399 e. The summed E-state index contributed by atoms with van der Waals surface area (Å²) in [6.07, 6.45) is 4.68. The third-order valence-electron chi connectivity index (χ3n) is 7.06. The number of carbonyl (C=O) groups is 2. The van der Waals surface area contributed by atoms with Gasteiger partial charge in [-0.1, -0.05) is 0 Å². The first-order valence-corrected chi connectivity index (χ1v) is 12.2. The van der Waals surface area contributed by atoms with E-state index in [2.05, 4.69) is 19.8 Å². The number of fused-ring (bicyclic) bond motifs is 2. The molecule has 9 heteroatoms. The van der Waals surface area contributed by atoms with Crippen molar-refractivity contribution in [3.8, 4) is 0 Å². The first-order valence-electron chi connectivity index (χ1n) is 12.2. The van der Waals surface area contributed by atoms with E-state index in [1.54, 1.807) is 12.3 Å². The molecule has 2 aliphatic rings. The molecule has 2 amide bonds. The molecule has 4 aromatic rings. The third kappa shape index (κ3) is 3.82. The van der Waals surface area contributed by atoms with Gasteiger partial charge in [0, 0.05) is 82.9 Å². The Morgan fingerprint density at radius 1 is 0.861 bits per heavy atom. The Bertz CT molecular complexity index is 1540. The lowest BCUT2D eigenvalue weighted by atomic mass is 9.95. The maximum atomic E-state index is 13.2. The van der Waals surface area contributed by atoms with Gasteiger partial charge in [-0.05, 0) is 42.8 Å².